The molecule has 3 aromatic rings. The van der Waals surface area contributed by atoms with E-state index in [-0.39, 0.29) is 18.2 Å². The van der Waals surface area contributed by atoms with E-state index in [0.717, 1.165) is 10.0 Å². The molecule has 0 unspecified atom stereocenters. The molecule has 8 nitrogen and oxygen atoms in total. The SMILES string of the molecule is CCOc1cc(/C=N\NC(=O)c2cccc(Br)c2)cc(Br)c1OCc1ccc([N+](=O)[O-])cc1. The predicted molar refractivity (Wildman–Crippen MR) is 132 cm³/mol. The number of hydrazone groups is 1. The molecule has 0 bridgehead atoms. The van der Waals surface area contributed by atoms with Gasteiger partial charge in [0.25, 0.3) is 11.6 Å². The minimum Gasteiger partial charge on any atom is -0.490 e. The zero-order chi connectivity index (χ0) is 23.8. The minimum atomic E-state index is -0.448. The number of hydrogen-bond donors (Lipinski definition) is 1. The third kappa shape index (κ3) is 6.87. The standard InChI is InChI=1S/C23H19Br2N3O5/c1-2-32-21-11-16(13-26-27-23(29)17-4-3-5-18(24)12-17)10-20(25)22(21)33-14-15-6-8-19(9-7-15)28(30)31/h3-13H,2,14H2,1H3,(H,27,29)/b26-13-. The lowest BCUT2D eigenvalue weighted by molar-refractivity contribution is -0.384. The third-order valence-electron chi connectivity index (χ3n) is 4.33. The highest BCUT2D eigenvalue weighted by atomic mass is 79.9. The zero-order valence-corrected chi connectivity index (χ0v) is 20.6. The third-order valence-corrected chi connectivity index (χ3v) is 5.41. The van der Waals surface area contributed by atoms with E-state index in [4.69, 9.17) is 9.47 Å². The Balaban J connectivity index is 1.71. The van der Waals surface area contributed by atoms with Crippen molar-refractivity contribution in [1.82, 2.24) is 5.43 Å². The summed E-state index contributed by atoms with van der Waals surface area (Å²) in [5, 5.41) is 14.8. The van der Waals surface area contributed by atoms with Crippen LogP contribution in [0.25, 0.3) is 0 Å². The topological polar surface area (TPSA) is 103 Å². The number of carbonyl (C=O) groups is 1. The number of nitrogens with zero attached hydrogens (tertiary/aromatic N) is 2. The van der Waals surface area contributed by atoms with Gasteiger partial charge in [0.2, 0.25) is 0 Å². The number of non-ortho nitro benzene ring substituents is 1. The highest BCUT2D eigenvalue weighted by Gasteiger charge is 2.13. The molecule has 0 aliphatic carbocycles. The van der Waals surface area contributed by atoms with Crippen molar-refractivity contribution in [3.63, 3.8) is 0 Å². The highest BCUT2D eigenvalue weighted by Crippen LogP contribution is 2.37. The fourth-order valence-corrected chi connectivity index (χ4v) is 3.77. The molecule has 0 atom stereocenters. The fraction of sp³-hybridized carbons (Fsp3) is 0.130. The van der Waals surface area contributed by atoms with Gasteiger partial charge in [-0.2, -0.15) is 5.10 Å². The summed E-state index contributed by atoms with van der Waals surface area (Å²) in [6, 6.07) is 16.7. The number of ether oxygens (including phenoxy) is 2. The molecule has 1 amide bonds. The Bertz CT molecular complexity index is 1180. The molecule has 0 aromatic heterocycles. The zero-order valence-electron chi connectivity index (χ0n) is 17.5. The van der Waals surface area contributed by atoms with Crippen molar-refractivity contribution in [1.29, 1.82) is 0 Å². The normalized spacial score (nSPS) is 10.8. The Morgan fingerprint density at radius 3 is 2.55 bits per heavy atom. The van der Waals surface area contributed by atoms with Gasteiger partial charge in [-0.15, -0.1) is 0 Å². The van der Waals surface area contributed by atoms with Crippen molar-refractivity contribution < 1.29 is 19.2 Å². The molecule has 0 aliphatic rings. The van der Waals surface area contributed by atoms with Crippen molar-refractivity contribution in [2.24, 2.45) is 5.10 Å². The number of rotatable bonds is 9. The van der Waals surface area contributed by atoms with E-state index < -0.39 is 4.92 Å². The number of nitro benzene ring substituents is 1. The monoisotopic (exact) mass is 575 g/mol. The molecule has 1 N–H and O–H groups in total. The van der Waals surface area contributed by atoms with Crippen molar-refractivity contribution >= 4 is 49.7 Å². The molecule has 0 radical (unpaired) electrons. The van der Waals surface area contributed by atoms with E-state index in [0.29, 0.717) is 33.7 Å². The Morgan fingerprint density at radius 1 is 1.12 bits per heavy atom. The van der Waals surface area contributed by atoms with Crippen molar-refractivity contribution in [3.8, 4) is 11.5 Å². The first kappa shape index (κ1) is 24.4. The summed E-state index contributed by atoms with van der Waals surface area (Å²) >= 11 is 6.82. The van der Waals surface area contributed by atoms with E-state index >= 15 is 0 Å². The van der Waals surface area contributed by atoms with Gasteiger partial charge in [-0.25, -0.2) is 5.43 Å². The van der Waals surface area contributed by atoms with Crippen LogP contribution in [0, 0.1) is 10.1 Å². The van der Waals surface area contributed by atoms with E-state index in [1.165, 1.54) is 18.3 Å². The maximum absolute atomic E-state index is 12.2. The van der Waals surface area contributed by atoms with Crippen LogP contribution in [0.1, 0.15) is 28.4 Å². The highest BCUT2D eigenvalue weighted by molar-refractivity contribution is 9.10. The van der Waals surface area contributed by atoms with Gasteiger partial charge in [0.15, 0.2) is 11.5 Å². The lowest BCUT2D eigenvalue weighted by Crippen LogP contribution is -2.17. The molecule has 33 heavy (non-hydrogen) atoms. The predicted octanol–water partition coefficient (Wildman–Crippen LogP) is 5.86. The van der Waals surface area contributed by atoms with Gasteiger partial charge in [-0.1, -0.05) is 22.0 Å². The lowest BCUT2D eigenvalue weighted by Gasteiger charge is -2.14. The van der Waals surface area contributed by atoms with Crippen molar-refractivity contribution in [2.75, 3.05) is 6.61 Å². The molecule has 0 saturated carbocycles. The van der Waals surface area contributed by atoms with Crippen molar-refractivity contribution in [2.45, 2.75) is 13.5 Å². The van der Waals surface area contributed by atoms with Crippen LogP contribution >= 0.6 is 31.9 Å². The number of nitrogens with one attached hydrogen (secondary N) is 1. The molecule has 10 heteroatoms. The molecule has 0 spiro atoms. The van der Waals surface area contributed by atoms with Crippen LogP contribution in [-0.2, 0) is 6.61 Å². The second-order valence-corrected chi connectivity index (χ2v) is 8.45. The van der Waals surface area contributed by atoms with Crippen LogP contribution in [0.5, 0.6) is 11.5 Å². The van der Waals surface area contributed by atoms with E-state index in [1.54, 1.807) is 42.5 Å². The van der Waals surface area contributed by atoms with E-state index in [1.807, 2.05) is 13.0 Å². The average molecular weight is 577 g/mol. The summed E-state index contributed by atoms with van der Waals surface area (Å²) in [5.74, 6) is 0.652. The number of nitro groups is 1. The summed E-state index contributed by atoms with van der Waals surface area (Å²) in [5.41, 5.74) is 4.45. The molecular weight excluding hydrogens is 558 g/mol. The summed E-state index contributed by atoms with van der Waals surface area (Å²) in [4.78, 5) is 22.6. The van der Waals surface area contributed by atoms with Crippen LogP contribution in [0.2, 0.25) is 0 Å². The van der Waals surface area contributed by atoms with Gasteiger partial charge in [0, 0.05) is 22.2 Å². The van der Waals surface area contributed by atoms with Gasteiger partial charge in [0.1, 0.15) is 6.61 Å². The van der Waals surface area contributed by atoms with Gasteiger partial charge in [0.05, 0.1) is 22.2 Å². The quantitative estimate of drug-likeness (QED) is 0.195. The number of halogens is 2. The smallest absolute Gasteiger partial charge is 0.271 e. The first-order chi connectivity index (χ1) is 15.9. The summed E-state index contributed by atoms with van der Waals surface area (Å²) < 4.78 is 13.1. The van der Waals surface area contributed by atoms with Gasteiger partial charge >= 0.3 is 0 Å². The van der Waals surface area contributed by atoms with Gasteiger partial charge in [-0.3, -0.25) is 14.9 Å². The van der Waals surface area contributed by atoms with Crippen LogP contribution in [0.4, 0.5) is 5.69 Å². The van der Waals surface area contributed by atoms with Crippen LogP contribution in [-0.4, -0.2) is 23.7 Å². The minimum absolute atomic E-state index is 0.0190. The summed E-state index contributed by atoms with van der Waals surface area (Å²) in [7, 11) is 0. The Labute approximate surface area is 207 Å². The second-order valence-electron chi connectivity index (χ2n) is 6.68. The van der Waals surface area contributed by atoms with Gasteiger partial charge < -0.3 is 9.47 Å². The number of hydrogen-bond acceptors (Lipinski definition) is 6. The molecule has 3 rings (SSSR count). The molecule has 170 valence electrons. The molecule has 0 aliphatic heterocycles. The van der Waals surface area contributed by atoms with Crippen LogP contribution in [0.15, 0.2) is 74.7 Å². The lowest BCUT2D eigenvalue weighted by atomic mass is 10.2. The molecule has 0 fully saturated rings. The maximum Gasteiger partial charge on any atom is 0.271 e. The number of carbonyl (C=O) groups excluding carboxylic acids is 1. The number of benzene rings is 3. The number of amides is 1. The Hall–Kier alpha value is -3.24. The Morgan fingerprint density at radius 2 is 1.88 bits per heavy atom. The fourth-order valence-electron chi connectivity index (χ4n) is 2.79. The van der Waals surface area contributed by atoms with Crippen LogP contribution in [0.3, 0.4) is 0 Å². The summed E-state index contributed by atoms with van der Waals surface area (Å²) in [6.07, 6.45) is 1.50. The van der Waals surface area contributed by atoms with E-state index in [9.17, 15) is 14.9 Å². The molecular formula is C23H19Br2N3O5. The summed E-state index contributed by atoms with van der Waals surface area (Å²) in [6.45, 7) is 2.47. The first-order valence-electron chi connectivity index (χ1n) is 9.79. The first-order valence-corrected chi connectivity index (χ1v) is 11.4. The Kier molecular flexibility index (Phi) is 8.56. The second kappa shape index (κ2) is 11.6. The average Bonchev–Trinajstić information content (AvgIpc) is 2.79. The van der Waals surface area contributed by atoms with Crippen LogP contribution < -0.4 is 14.9 Å². The van der Waals surface area contributed by atoms with Crippen molar-refractivity contribution in [3.05, 3.63) is 96.4 Å². The molecule has 3 aromatic carbocycles. The molecule has 0 saturated heterocycles. The maximum atomic E-state index is 12.2. The van der Waals surface area contributed by atoms with E-state index in [2.05, 4.69) is 42.4 Å². The largest absolute Gasteiger partial charge is 0.490 e. The molecule has 0 heterocycles. The van der Waals surface area contributed by atoms with Gasteiger partial charge in [-0.05, 0) is 76.4 Å².